The summed E-state index contributed by atoms with van der Waals surface area (Å²) in [6.45, 7) is -0.745. The molecule has 7 nitrogen and oxygen atoms in total. The van der Waals surface area contributed by atoms with E-state index >= 15 is 0 Å². The van der Waals surface area contributed by atoms with E-state index in [2.05, 4.69) is 5.32 Å². The molecule has 0 saturated heterocycles. The summed E-state index contributed by atoms with van der Waals surface area (Å²) in [4.78, 5) is 35.7. The standard InChI is InChI=1S/C18H16FNO6/c1-24-11-7-8-12(14(19)9-11)18(23)26-10-16(21)20-17(22)13-5-3-4-6-15(13)25-2/h3-9H,10H2,1-2H3,(H,20,21,22). The summed E-state index contributed by atoms with van der Waals surface area (Å²) in [5, 5.41) is 2.06. The number of carbonyl (C=O) groups excluding carboxylic acids is 3. The van der Waals surface area contributed by atoms with Crippen LogP contribution in [-0.4, -0.2) is 38.6 Å². The van der Waals surface area contributed by atoms with Gasteiger partial charge in [-0.25, -0.2) is 9.18 Å². The normalized spacial score (nSPS) is 9.96. The van der Waals surface area contributed by atoms with Crippen molar-refractivity contribution >= 4 is 17.8 Å². The van der Waals surface area contributed by atoms with Gasteiger partial charge in [-0.1, -0.05) is 12.1 Å². The molecule has 0 radical (unpaired) electrons. The van der Waals surface area contributed by atoms with Crippen LogP contribution in [0, 0.1) is 5.82 Å². The lowest BCUT2D eigenvalue weighted by atomic mass is 10.2. The fourth-order valence-corrected chi connectivity index (χ4v) is 2.06. The fraction of sp³-hybridized carbons (Fsp3) is 0.167. The van der Waals surface area contributed by atoms with E-state index in [1.165, 1.54) is 32.4 Å². The molecule has 0 aliphatic carbocycles. The molecule has 2 aromatic rings. The Morgan fingerprint density at radius 1 is 1.00 bits per heavy atom. The molecule has 0 aliphatic rings. The number of methoxy groups -OCH3 is 2. The maximum atomic E-state index is 13.8. The number of hydrogen-bond acceptors (Lipinski definition) is 6. The number of carbonyl (C=O) groups is 3. The highest BCUT2D eigenvalue weighted by molar-refractivity contribution is 6.07. The topological polar surface area (TPSA) is 90.9 Å². The van der Waals surface area contributed by atoms with Crippen molar-refractivity contribution in [3.63, 3.8) is 0 Å². The predicted octanol–water partition coefficient (Wildman–Crippen LogP) is 1.96. The van der Waals surface area contributed by atoms with Gasteiger partial charge in [0.05, 0.1) is 25.3 Å². The third kappa shape index (κ3) is 4.56. The summed E-state index contributed by atoms with van der Waals surface area (Å²) in [6, 6.07) is 9.88. The molecule has 26 heavy (non-hydrogen) atoms. The SMILES string of the molecule is COc1ccc(C(=O)OCC(=O)NC(=O)c2ccccc2OC)c(F)c1. The van der Waals surface area contributed by atoms with Crippen LogP contribution in [0.4, 0.5) is 4.39 Å². The second kappa shape index (κ2) is 8.61. The van der Waals surface area contributed by atoms with Crippen LogP contribution >= 0.6 is 0 Å². The van der Waals surface area contributed by atoms with Gasteiger partial charge >= 0.3 is 5.97 Å². The van der Waals surface area contributed by atoms with Gasteiger partial charge in [0.2, 0.25) is 0 Å². The first-order chi connectivity index (χ1) is 12.5. The first-order valence-corrected chi connectivity index (χ1v) is 7.44. The van der Waals surface area contributed by atoms with Crippen LogP contribution in [0.2, 0.25) is 0 Å². The van der Waals surface area contributed by atoms with Gasteiger partial charge in [0.15, 0.2) is 6.61 Å². The molecule has 8 heteroatoms. The summed E-state index contributed by atoms with van der Waals surface area (Å²) in [7, 11) is 2.74. The van der Waals surface area contributed by atoms with Crippen molar-refractivity contribution in [2.45, 2.75) is 0 Å². The minimum absolute atomic E-state index is 0.149. The van der Waals surface area contributed by atoms with E-state index in [1.54, 1.807) is 18.2 Å². The molecule has 0 heterocycles. The Balaban J connectivity index is 1.94. The molecule has 0 unspecified atom stereocenters. The number of amides is 2. The molecular weight excluding hydrogens is 345 g/mol. The van der Waals surface area contributed by atoms with Crippen LogP contribution in [0.25, 0.3) is 0 Å². The number of esters is 1. The molecule has 136 valence electrons. The third-order valence-electron chi connectivity index (χ3n) is 3.34. The van der Waals surface area contributed by atoms with Crippen LogP contribution in [0.5, 0.6) is 11.5 Å². The molecule has 0 bridgehead atoms. The number of benzene rings is 2. The summed E-state index contributed by atoms with van der Waals surface area (Å²) in [6.07, 6.45) is 0. The summed E-state index contributed by atoms with van der Waals surface area (Å²) in [5.41, 5.74) is -0.203. The van der Waals surface area contributed by atoms with Gasteiger partial charge < -0.3 is 14.2 Å². The molecule has 0 aromatic heterocycles. The molecule has 2 aromatic carbocycles. The highest BCUT2D eigenvalue weighted by atomic mass is 19.1. The molecule has 0 atom stereocenters. The largest absolute Gasteiger partial charge is 0.497 e. The molecule has 1 N–H and O–H groups in total. The Kier molecular flexibility index (Phi) is 6.26. The van der Waals surface area contributed by atoms with Crippen molar-refractivity contribution in [1.82, 2.24) is 5.32 Å². The van der Waals surface area contributed by atoms with E-state index < -0.39 is 30.2 Å². The zero-order valence-electron chi connectivity index (χ0n) is 14.1. The highest BCUT2D eigenvalue weighted by Crippen LogP contribution is 2.18. The van der Waals surface area contributed by atoms with E-state index in [0.717, 1.165) is 6.07 Å². The van der Waals surface area contributed by atoms with E-state index in [9.17, 15) is 18.8 Å². The minimum Gasteiger partial charge on any atom is -0.497 e. The Morgan fingerprint density at radius 2 is 1.73 bits per heavy atom. The van der Waals surface area contributed by atoms with Gasteiger partial charge in [-0.2, -0.15) is 0 Å². The minimum atomic E-state index is -1.04. The molecule has 0 aliphatic heterocycles. The Bertz CT molecular complexity index is 836. The first kappa shape index (κ1) is 18.9. The van der Waals surface area contributed by atoms with Gasteiger partial charge in [-0.15, -0.1) is 0 Å². The summed E-state index contributed by atoms with van der Waals surface area (Å²) < 4.78 is 28.4. The van der Waals surface area contributed by atoms with Crippen molar-refractivity contribution < 1.29 is 33.0 Å². The van der Waals surface area contributed by atoms with Gasteiger partial charge in [0.25, 0.3) is 11.8 Å². The molecule has 0 saturated carbocycles. The number of nitrogens with one attached hydrogen (secondary N) is 1. The smallest absolute Gasteiger partial charge is 0.341 e. The number of imide groups is 1. The van der Waals surface area contributed by atoms with Crippen LogP contribution in [0.3, 0.4) is 0 Å². The second-order valence-electron chi connectivity index (χ2n) is 5.00. The average Bonchev–Trinajstić information content (AvgIpc) is 2.65. The van der Waals surface area contributed by atoms with Crippen LogP contribution in [-0.2, 0) is 9.53 Å². The number of para-hydroxylation sites is 1. The third-order valence-corrected chi connectivity index (χ3v) is 3.34. The average molecular weight is 361 g/mol. The molecular formula is C18H16FNO6. The van der Waals surface area contributed by atoms with Gasteiger partial charge in [-0.05, 0) is 24.3 Å². The lowest BCUT2D eigenvalue weighted by molar-refractivity contribution is -0.123. The summed E-state index contributed by atoms with van der Waals surface area (Å²) >= 11 is 0. The van der Waals surface area contributed by atoms with E-state index in [4.69, 9.17) is 14.2 Å². The quantitative estimate of drug-likeness (QED) is 0.791. The summed E-state index contributed by atoms with van der Waals surface area (Å²) in [5.74, 6) is -2.93. The van der Waals surface area contributed by atoms with Crippen LogP contribution in [0.1, 0.15) is 20.7 Å². The Labute approximate surface area is 148 Å². The van der Waals surface area contributed by atoms with Crippen molar-refractivity contribution in [2.75, 3.05) is 20.8 Å². The number of hydrogen-bond donors (Lipinski definition) is 1. The molecule has 0 spiro atoms. The lowest BCUT2D eigenvalue weighted by Crippen LogP contribution is -2.34. The van der Waals surface area contributed by atoms with Gasteiger partial charge in [0, 0.05) is 6.07 Å². The highest BCUT2D eigenvalue weighted by Gasteiger charge is 2.18. The number of halogens is 1. The lowest BCUT2D eigenvalue weighted by Gasteiger charge is -2.09. The van der Waals surface area contributed by atoms with Crippen molar-refractivity contribution in [3.8, 4) is 11.5 Å². The maximum absolute atomic E-state index is 13.8. The Morgan fingerprint density at radius 3 is 2.38 bits per heavy atom. The fourth-order valence-electron chi connectivity index (χ4n) is 2.06. The van der Waals surface area contributed by atoms with Crippen LogP contribution in [0.15, 0.2) is 42.5 Å². The zero-order chi connectivity index (χ0) is 19.1. The number of ether oxygens (including phenoxy) is 3. The Hall–Kier alpha value is -3.42. The molecule has 2 amide bonds. The van der Waals surface area contributed by atoms with Crippen molar-refractivity contribution in [3.05, 3.63) is 59.4 Å². The van der Waals surface area contributed by atoms with E-state index in [1.807, 2.05) is 0 Å². The van der Waals surface area contributed by atoms with Crippen molar-refractivity contribution in [2.24, 2.45) is 0 Å². The maximum Gasteiger partial charge on any atom is 0.341 e. The molecule has 0 fully saturated rings. The van der Waals surface area contributed by atoms with Gasteiger partial charge in [-0.3, -0.25) is 14.9 Å². The molecule has 2 rings (SSSR count). The second-order valence-corrected chi connectivity index (χ2v) is 5.00. The van der Waals surface area contributed by atoms with Crippen molar-refractivity contribution in [1.29, 1.82) is 0 Å². The number of rotatable bonds is 6. The predicted molar refractivity (Wildman–Crippen MR) is 88.7 cm³/mol. The van der Waals surface area contributed by atoms with Crippen LogP contribution < -0.4 is 14.8 Å². The van der Waals surface area contributed by atoms with E-state index in [0.29, 0.717) is 0 Å². The van der Waals surface area contributed by atoms with Gasteiger partial charge in [0.1, 0.15) is 17.3 Å². The first-order valence-electron chi connectivity index (χ1n) is 7.44. The zero-order valence-corrected chi connectivity index (χ0v) is 14.1. The monoisotopic (exact) mass is 361 g/mol. The van der Waals surface area contributed by atoms with E-state index in [-0.39, 0.29) is 22.6 Å².